The zero-order chi connectivity index (χ0) is 16.8. The third-order valence-corrected chi connectivity index (χ3v) is 3.62. The Bertz CT molecular complexity index is 655. The summed E-state index contributed by atoms with van der Waals surface area (Å²) in [6.45, 7) is 1.83. The molecule has 2 aromatic rings. The molecule has 1 heterocycles. The summed E-state index contributed by atoms with van der Waals surface area (Å²) in [5, 5.41) is 6.71. The smallest absolute Gasteiger partial charge is 0.244 e. The Morgan fingerprint density at radius 3 is 2.61 bits per heavy atom. The van der Waals surface area contributed by atoms with Gasteiger partial charge in [0, 0.05) is 18.9 Å². The zero-order valence-corrected chi connectivity index (χ0v) is 12.8. The van der Waals surface area contributed by atoms with Crippen LogP contribution in [0.2, 0.25) is 0 Å². The minimum Gasteiger partial charge on any atom is -0.369 e. The molecule has 2 atom stereocenters. The number of amides is 2. The number of primary amides is 1. The Balaban J connectivity index is 1.93. The fraction of sp³-hybridized carbons (Fsp3) is 0.312. The molecular weight excluding hydrogens is 299 g/mol. The van der Waals surface area contributed by atoms with Crippen molar-refractivity contribution in [3.8, 4) is 0 Å². The highest BCUT2D eigenvalue weighted by atomic mass is 19.1. The lowest BCUT2D eigenvalue weighted by Gasteiger charge is -2.17. The van der Waals surface area contributed by atoms with Gasteiger partial charge in [-0.25, -0.2) is 4.39 Å². The summed E-state index contributed by atoms with van der Waals surface area (Å²) in [6, 6.07) is 7.09. The van der Waals surface area contributed by atoms with E-state index in [-0.39, 0.29) is 18.3 Å². The first-order valence-electron chi connectivity index (χ1n) is 7.28. The molecular formula is C16H19FN4O2. The molecule has 0 aliphatic carbocycles. The van der Waals surface area contributed by atoms with E-state index in [0.717, 1.165) is 5.56 Å². The fourth-order valence-corrected chi connectivity index (χ4v) is 2.18. The van der Waals surface area contributed by atoms with E-state index in [1.807, 2.05) is 0 Å². The highest BCUT2D eigenvalue weighted by molar-refractivity contribution is 5.81. The molecule has 1 aromatic heterocycles. The van der Waals surface area contributed by atoms with Gasteiger partial charge in [-0.15, -0.1) is 0 Å². The van der Waals surface area contributed by atoms with Crippen LogP contribution in [-0.2, 0) is 16.0 Å². The van der Waals surface area contributed by atoms with Gasteiger partial charge in [-0.05, 0) is 37.1 Å². The van der Waals surface area contributed by atoms with E-state index in [9.17, 15) is 14.0 Å². The molecule has 23 heavy (non-hydrogen) atoms. The Kier molecular flexibility index (Phi) is 5.46. The van der Waals surface area contributed by atoms with Gasteiger partial charge in [0.1, 0.15) is 11.9 Å². The van der Waals surface area contributed by atoms with Crippen LogP contribution in [0.1, 0.15) is 18.5 Å². The van der Waals surface area contributed by atoms with Gasteiger partial charge in [-0.1, -0.05) is 12.1 Å². The molecule has 0 saturated heterocycles. The highest BCUT2D eigenvalue weighted by Crippen LogP contribution is 2.10. The number of halogens is 1. The van der Waals surface area contributed by atoms with Crippen LogP contribution < -0.4 is 11.1 Å². The first kappa shape index (κ1) is 16.7. The van der Waals surface area contributed by atoms with Crippen molar-refractivity contribution >= 4 is 11.8 Å². The molecule has 7 heteroatoms. The number of benzene rings is 1. The molecule has 6 nitrogen and oxygen atoms in total. The normalized spacial score (nSPS) is 13.3. The molecule has 2 rings (SSSR count). The van der Waals surface area contributed by atoms with E-state index in [1.54, 1.807) is 37.5 Å². The summed E-state index contributed by atoms with van der Waals surface area (Å²) < 4.78 is 14.4. The van der Waals surface area contributed by atoms with Crippen molar-refractivity contribution in [2.45, 2.75) is 19.4 Å². The predicted octanol–water partition coefficient (Wildman–Crippen LogP) is 1.04. The van der Waals surface area contributed by atoms with Crippen LogP contribution in [0.15, 0.2) is 42.7 Å². The number of nitrogens with one attached hydrogen (secondary N) is 1. The van der Waals surface area contributed by atoms with Gasteiger partial charge in [-0.2, -0.15) is 5.10 Å². The van der Waals surface area contributed by atoms with Crippen molar-refractivity contribution < 1.29 is 14.0 Å². The average molecular weight is 318 g/mol. The Labute approximate surface area is 133 Å². The highest BCUT2D eigenvalue weighted by Gasteiger charge is 2.20. The van der Waals surface area contributed by atoms with Gasteiger partial charge in [0.15, 0.2) is 0 Å². The fourth-order valence-electron chi connectivity index (χ4n) is 2.18. The summed E-state index contributed by atoms with van der Waals surface area (Å²) in [5.41, 5.74) is 6.17. The Hall–Kier alpha value is -2.70. The van der Waals surface area contributed by atoms with Crippen LogP contribution in [0.5, 0.6) is 0 Å². The van der Waals surface area contributed by atoms with Crippen molar-refractivity contribution in [3.63, 3.8) is 0 Å². The van der Waals surface area contributed by atoms with Crippen molar-refractivity contribution in [2.24, 2.45) is 11.7 Å². The number of carbonyl (C=O) groups is 2. The van der Waals surface area contributed by atoms with Crippen molar-refractivity contribution in [2.75, 3.05) is 6.54 Å². The lowest BCUT2D eigenvalue weighted by atomic mass is 9.98. The SMILES string of the molecule is C[C@@H](C(=O)NC[C@H](Cc1ccc(F)cc1)C(N)=O)n1cccn1. The van der Waals surface area contributed by atoms with Crippen LogP contribution in [0.4, 0.5) is 4.39 Å². The summed E-state index contributed by atoms with van der Waals surface area (Å²) >= 11 is 0. The van der Waals surface area contributed by atoms with Crippen molar-refractivity contribution in [1.29, 1.82) is 0 Å². The summed E-state index contributed by atoms with van der Waals surface area (Å²) in [4.78, 5) is 23.7. The first-order valence-corrected chi connectivity index (χ1v) is 7.28. The molecule has 0 aliphatic heterocycles. The van der Waals surface area contributed by atoms with E-state index in [2.05, 4.69) is 10.4 Å². The van der Waals surface area contributed by atoms with Crippen molar-refractivity contribution in [1.82, 2.24) is 15.1 Å². The number of nitrogens with two attached hydrogens (primary N) is 1. The Morgan fingerprint density at radius 2 is 2.04 bits per heavy atom. The number of hydrogen-bond donors (Lipinski definition) is 2. The largest absolute Gasteiger partial charge is 0.369 e. The second kappa shape index (κ2) is 7.53. The number of hydrogen-bond acceptors (Lipinski definition) is 3. The van der Waals surface area contributed by atoms with Gasteiger partial charge < -0.3 is 11.1 Å². The second-order valence-corrected chi connectivity index (χ2v) is 5.34. The van der Waals surface area contributed by atoms with Gasteiger partial charge in [-0.3, -0.25) is 14.3 Å². The molecule has 0 unspecified atom stereocenters. The summed E-state index contributed by atoms with van der Waals surface area (Å²) in [7, 11) is 0. The topological polar surface area (TPSA) is 90.0 Å². The van der Waals surface area contributed by atoms with E-state index >= 15 is 0 Å². The van der Waals surface area contributed by atoms with Gasteiger partial charge >= 0.3 is 0 Å². The summed E-state index contributed by atoms with van der Waals surface area (Å²) in [6.07, 6.45) is 3.62. The van der Waals surface area contributed by atoms with Gasteiger partial charge in [0.2, 0.25) is 11.8 Å². The predicted molar refractivity (Wildman–Crippen MR) is 82.7 cm³/mol. The zero-order valence-electron chi connectivity index (χ0n) is 12.8. The number of rotatable bonds is 7. The second-order valence-electron chi connectivity index (χ2n) is 5.34. The minimum absolute atomic E-state index is 0.122. The van der Waals surface area contributed by atoms with Crippen LogP contribution in [-0.4, -0.2) is 28.1 Å². The number of aromatic nitrogens is 2. The maximum atomic E-state index is 12.9. The first-order chi connectivity index (χ1) is 11.0. The van der Waals surface area contributed by atoms with E-state index in [1.165, 1.54) is 16.8 Å². The summed E-state index contributed by atoms with van der Waals surface area (Å²) in [5.74, 6) is -1.67. The molecule has 3 N–H and O–H groups in total. The van der Waals surface area contributed by atoms with Crippen molar-refractivity contribution in [3.05, 3.63) is 54.1 Å². The third kappa shape index (κ3) is 4.64. The lowest BCUT2D eigenvalue weighted by molar-refractivity contribution is -0.125. The van der Waals surface area contributed by atoms with Crippen LogP contribution in [0.3, 0.4) is 0 Å². The van der Waals surface area contributed by atoms with E-state index in [4.69, 9.17) is 5.73 Å². The van der Waals surface area contributed by atoms with Gasteiger partial charge in [0.25, 0.3) is 0 Å². The molecule has 0 saturated carbocycles. The van der Waals surface area contributed by atoms with Crippen LogP contribution in [0, 0.1) is 11.7 Å². The lowest BCUT2D eigenvalue weighted by Crippen LogP contribution is -2.39. The van der Waals surface area contributed by atoms with Crippen LogP contribution >= 0.6 is 0 Å². The number of nitrogens with zero attached hydrogens (tertiary/aromatic N) is 2. The monoisotopic (exact) mass is 318 g/mol. The molecule has 0 aliphatic rings. The maximum absolute atomic E-state index is 12.9. The average Bonchev–Trinajstić information content (AvgIpc) is 3.06. The molecule has 0 spiro atoms. The molecule has 0 fully saturated rings. The third-order valence-electron chi connectivity index (χ3n) is 3.62. The maximum Gasteiger partial charge on any atom is 0.244 e. The van der Waals surface area contributed by atoms with E-state index < -0.39 is 17.9 Å². The Morgan fingerprint density at radius 1 is 1.35 bits per heavy atom. The molecule has 0 radical (unpaired) electrons. The molecule has 122 valence electrons. The molecule has 1 aromatic carbocycles. The standard InChI is InChI=1S/C16H19FN4O2/c1-11(21-8-2-7-20-21)16(23)19-10-13(15(18)22)9-12-3-5-14(17)6-4-12/h2-8,11,13H,9-10H2,1H3,(H2,18,22)(H,19,23)/t11-,13-/m0/s1. The quantitative estimate of drug-likeness (QED) is 0.799. The minimum atomic E-state index is -0.561. The number of carbonyl (C=O) groups excluding carboxylic acids is 2. The van der Waals surface area contributed by atoms with E-state index in [0.29, 0.717) is 6.42 Å². The molecule has 2 amide bonds. The van der Waals surface area contributed by atoms with Gasteiger partial charge in [0.05, 0.1) is 5.92 Å². The van der Waals surface area contributed by atoms with Crippen LogP contribution in [0.25, 0.3) is 0 Å². The molecule has 0 bridgehead atoms.